The molecule has 2 aromatic rings. The maximum absolute atomic E-state index is 5.72. The summed E-state index contributed by atoms with van der Waals surface area (Å²) in [5.41, 5.74) is 2.27. The minimum atomic E-state index is 0.579. The van der Waals surface area contributed by atoms with Gasteiger partial charge in [-0.2, -0.15) is 0 Å². The highest BCUT2D eigenvalue weighted by Gasteiger charge is 2.02. The third-order valence-corrected chi connectivity index (χ3v) is 3.14. The number of anilines is 2. The summed E-state index contributed by atoms with van der Waals surface area (Å²) in [5.74, 6) is 1.53. The fraction of sp³-hybridized carbons (Fsp3) is 0.294. The van der Waals surface area contributed by atoms with E-state index in [0.29, 0.717) is 6.61 Å². The zero-order chi connectivity index (χ0) is 15.1. The highest BCUT2D eigenvalue weighted by molar-refractivity contribution is 5.54. The summed E-state index contributed by atoms with van der Waals surface area (Å²) in [6, 6.07) is 16.0. The van der Waals surface area contributed by atoms with E-state index in [1.807, 2.05) is 38.4 Å². The summed E-state index contributed by atoms with van der Waals surface area (Å²) in [5, 5.41) is 3.33. The summed E-state index contributed by atoms with van der Waals surface area (Å²) in [4.78, 5) is 2.08. The molecule has 0 heterocycles. The first kappa shape index (κ1) is 15.0. The van der Waals surface area contributed by atoms with Gasteiger partial charge < -0.3 is 19.7 Å². The van der Waals surface area contributed by atoms with Crippen molar-refractivity contribution in [3.05, 3.63) is 48.5 Å². The lowest BCUT2D eigenvalue weighted by Crippen LogP contribution is -2.12. The van der Waals surface area contributed by atoms with E-state index in [9.17, 15) is 0 Å². The highest BCUT2D eigenvalue weighted by Crippen LogP contribution is 2.25. The van der Waals surface area contributed by atoms with Crippen LogP contribution in [0.25, 0.3) is 0 Å². The number of nitrogens with one attached hydrogen (secondary N) is 1. The van der Waals surface area contributed by atoms with Crippen LogP contribution in [0.3, 0.4) is 0 Å². The number of ether oxygens (including phenoxy) is 2. The first-order valence-corrected chi connectivity index (χ1v) is 6.98. The van der Waals surface area contributed by atoms with Gasteiger partial charge in [-0.15, -0.1) is 0 Å². The smallest absolute Gasteiger partial charge is 0.161 e. The Labute approximate surface area is 126 Å². The summed E-state index contributed by atoms with van der Waals surface area (Å²) in [6.07, 6.45) is 0. The molecule has 0 atom stereocenters. The van der Waals surface area contributed by atoms with Crippen molar-refractivity contribution < 1.29 is 9.47 Å². The normalized spacial score (nSPS) is 10.0. The first-order chi connectivity index (χ1) is 10.2. The van der Waals surface area contributed by atoms with E-state index >= 15 is 0 Å². The van der Waals surface area contributed by atoms with Crippen molar-refractivity contribution in [3.63, 3.8) is 0 Å². The maximum Gasteiger partial charge on any atom is 0.161 e. The van der Waals surface area contributed by atoms with Gasteiger partial charge in [0.2, 0.25) is 0 Å². The Morgan fingerprint density at radius 2 is 1.62 bits per heavy atom. The molecule has 0 unspecified atom stereocenters. The summed E-state index contributed by atoms with van der Waals surface area (Å²) in [7, 11) is 5.71. The van der Waals surface area contributed by atoms with E-state index in [0.717, 1.165) is 23.7 Å². The molecule has 0 bridgehead atoms. The number of benzene rings is 2. The second-order valence-electron chi connectivity index (χ2n) is 4.87. The van der Waals surface area contributed by atoms with Crippen LogP contribution < -0.4 is 19.7 Å². The van der Waals surface area contributed by atoms with Gasteiger partial charge in [-0.05, 0) is 36.4 Å². The van der Waals surface area contributed by atoms with Crippen LogP contribution in [0.1, 0.15) is 0 Å². The standard InChI is InChI=1S/C17H22N2O2/c1-19(2)15-10-8-14(9-11-15)18-12-13-21-17-7-5-4-6-16(17)20-3/h4-11,18H,12-13H2,1-3H3. The van der Waals surface area contributed by atoms with Crippen molar-refractivity contribution in [2.24, 2.45) is 0 Å². The van der Waals surface area contributed by atoms with E-state index in [2.05, 4.69) is 34.5 Å². The van der Waals surface area contributed by atoms with Crippen LogP contribution in [0.5, 0.6) is 11.5 Å². The lowest BCUT2D eigenvalue weighted by atomic mass is 10.2. The third kappa shape index (κ3) is 4.31. The van der Waals surface area contributed by atoms with Crippen molar-refractivity contribution in [1.29, 1.82) is 0 Å². The Morgan fingerprint density at radius 3 is 2.24 bits per heavy atom. The van der Waals surface area contributed by atoms with Crippen LogP contribution in [0.15, 0.2) is 48.5 Å². The molecule has 0 saturated carbocycles. The lowest BCUT2D eigenvalue weighted by molar-refractivity contribution is 0.306. The fourth-order valence-corrected chi connectivity index (χ4v) is 1.97. The molecular weight excluding hydrogens is 264 g/mol. The van der Waals surface area contributed by atoms with Crippen molar-refractivity contribution in [1.82, 2.24) is 0 Å². The van der Waals surface area contributed by atoms with Crippen LogP contribution in [-0.4, -0.2) is 34.4 Å². The molecule has 0 spiro atoms. The van der Waals surface area contributed by atoms with Gasteiger partial charge in [-0.1, -0.05) is 12.1 Å². The Hall–Kier alpha value is -2.36. The van der Waals surface area contributed by atoms with Crippen molar-refractivity contribution in [2.45, 2.75) is 0 Å². The highest BCUT2D eigenvalue weighted by atomic mass is 16.5. The number of nitrogens with zero attached hydrogens (tertiary/aromatic N) is 1. The monoisotopic (exact) mass is 286 g/mol. The van der Waals surface area contributed by atoms with Gasteiger partial charge in [-0.3, -0.25) is 0 Å². The average Bonchev–Trinajstić information content (AvgIpc) is 2.52. The van der Waals surface area contributed by atoms with Crippen LogP contribution in [0.2, 0.25) is 0 Å². The predicted molar refractivity (Wildman–Crippen MR) is 87.7 cm³/mol. The van der Waals surface area contributed by atoms with Gasteiger partial charge in [0.05, 0.1) is 7.11 Å². The average molecular weight is 286 g/mol. The fourth-order valence-electron chi connectivity index (χ4n) is 1.97. The topological polar surface area (TPSA) is 33.7 Å². The van der Waals surface area contributed by atoms with Crippen LogP contribution >= 0.6 is 0 Å². The van der Waals surface area contributed by atoms with Crippen molar-refractivity contribution in [3.8, 4) is 11.5 Å². The molecule has 0 aliphatic carbocycles. The van der Waals surface area contributed by atoms with E-state index in [1.165, 1.54) is 5.69 Å². The molecule has 2 rings (SSSR count). The second-order valence-corrected chi connectivity index (χ2v) is 4.87. The predicted octanol–water partition coefficient (Wildman–Crippen LogP) is 3.25. The zero-order valence-electron chi connectivity index (χ0n) is 12.8. The van der Waals surface area contributed by atoms with E-state index in [1.54, 1.807) is 7.11 Å². The van der Waals surface area contributed by atoms with Crippen molar-refractivity contribution >= 4 is 11.4 Å². The van der Waals surface area contributed by atoms with Gasteiger partial charge in [-0.25, -0.2) is 0 Å². The molecule has 112 valence electrons. The van der Waals surface area contributed by atoms with E-state index < -0.39 is 0 Å². The molecule has 0 aliphatic heterocycles. The minimum absolute atomic E-state index is 0.579. The molecule has 21 heavy (non-hydrogen) atoms. The van der Waals surface area contributed by atoms with Crippen molar-refractivity contribution in [2.75, 3.05) is 44.6 Å². The molecule has 2 aromatic carbocycles. The summed E-state index contributed by atoms with van der Waals surface area (Å²) < 4.78 is 11.0. The number of hydrogen-bond acceptors (Lipinski definition) is 4. The Balaban J connectivity index is 1.79. The maximum atomic E-state index is 5.72. The molecule has 0 aromatic heterocycles. The lowest BCUT2D eigenvalue weighted by Gasteiger charge is -2.14. The molecule has 0 saturated heterocycles. The van der Waals surface area contributed by atoms with Gasteiger partial charge >= 0.3 is 0 Å². The Morgan fingerprint density at radius 1 is 0.952 bits per heavy atom. The molecule has 4 heteroatoms. The molecule has 0 radical (unpaired) electrons. The Kier molecular flexibility index (Phi) is 5.32. The number of methoxy groups -OCH3 is 1. The van der Waals surface area contributed by atoms with Crippen LogP contribution in [0.4, 0.5) is 11.4 Å². The minimum Gasteiger partial charge on any atom is -0.493 e. The van der Waals surface area contributed by atoms with Crippen LogP contribution in [0, 0.1) is 0 Å². The van der Waals surface area contributed by atoms with Gasteiger partial charge in [0.25, 0.3) is 0 Å². The number of rotatable bonds is 7. The zero-order valence-corrected chi connectivity index (χ0v) is 12.8. The van der Waals surface area contributed by atoms with Crippen LogP contribution in [-0.2, 0) is 0 Å². The van der Waals surface area contributed by atoms with Gasteiger partial charge in [0.15, 0.2) is 11.5 Å². The largest absolute Gasteiger partial charge is 0.493 e. The SMILES string of the molecule is COc1ccccc1OCCNc1ccc(N(C)C)cc1. The summed E-state index contributed by atoms with van der Waals surface area (Å²) in [6.45, 7) is 1.31. The van der Waals surface area contributed by atoms with Gasteiger partial charge in [0.1, 0.15) is 6.61 Å². The second kappa shape index (κ2) is 7.43. The molecular formula is C17H22N2O2. The number of hydrogen-bond donors (Lipinski definition) is 1. The molecule has 0 fully saturated rings. The quantitative estimate of drug-likeness (QED) is 0.792. The summed E-state index contributed by atoms with van der Waals surface area (Å²) >= 11 is 0. The van der Waals surface area contributed by atoms with E-state index in [-0.39, 0.29) is 0 Å². The van der Waals surface area contributed by atoms with Gasteiger partial charge in [0, 0.05) is 32.0 Å². The molecule has 4 nitrogen and oxygen atoms in total. The van der Waals surface area contributed by atoms with E-state index in [4.69, 9.17) is 9.47 Å². The number of para-hydroxylation sites is 2. The Bertz CT molecular complexity index is 553. The molecule has 0 amide bonds. The third-order valence-electron chi connectivity index (χ3n) is 3.14. The molecule has 0 aliphatic rings. The first-order valence-electron chi connectivity index (χ1n) is 6.98. The molecule has 1 N–H and O–H groups in total.